The molecule has 1 aliphatic heterocycles. The Morgan fingerprint density at radius 2 is 2.25 bits per heavy atom. The van der Waals surface area contributed by atoms with Crippen LogP contribution in [-0.2, 0) is 11.3 Å². The first kappa shape index (κ1) is 13.9. The van der Waals surface area contributed by atoms with Crippen LogP contribution in [-0.4, -0.2) is 28.6 Å². The molecule has 1 saturated carbocycles. The molecule has 20 heavy (non-hydrogen) atoms. The third kappa shape index (κ3) is 2.45. The fraction of sp³-hybridized carbons (Fsp3) is 0.562. The minimum Gasteiger partial charge on any atom is -0.480 e. The number of aliphatic carboxylic acids is 1. The number of fused-ring (bicyclic) bond motifs is 1. The standard InChI is InChI=1S/C16H20ClNO2/c1-10-5-6-11(7-14(10)17)8-18-9-12-3-2-4-13(12)15(18)16(19)20/h5-7,12-13,15H,2-4,8-9H2,1H3,(H,19,20). The molecule has 3 unspecified atom stereocenters. The van der Waals surface area contributed by atoms with E-state index in [4.69, 9.17) is 11.6 Å². The molecule has 3 nitrogen and oxygen atoms in total. The summed E-state index contributed by atoms with van der Waals surface area (Å²) in [4.78, 5) is 13.7. The summed E-state index contributed by atoms with van der Waals surface area (Å²) in [7, 11) is 0. The highest BCUT2D eigenvalue weighted by Crippen LogP contribution is 2.42. The highest BCUT2D eigenvalue weighted by atomic mass is 35.5. The Hall–Kier alpha value is -1.06. The number of benzene rings is 1. The summed E-state index contributed by atoms with van der Waals surface area (Å²) < 4.78 is 0. The number of hydrogen-bond acceptors (Lipinski definition) is 2. The zero-order valence-corrected chi connectivity index (χ0v) is 12.4. The summed E-state index contributed by atoms with van der Waals surface area (Å²) in [5.74, 6) is 0.239. The lowest BCUT2D eigenvalue weighted by Gasteiger charge is -2.24. The van der Waals surface area contributed by atoms with Crippen LogP contribution in [0.2, 0.25) is 5.02 Å². The molecule has 3 rings (SSSR count). The Labute approximate surface area is 124 Å². The SMILES string of the molecule is Cc1ccc(CN2CC3CCCC3C2C(=O)O)cc1Cl. The molecule has 1 saturated heterocycles. The maximum atomic E-state index is 11.6. The highest BCUT2D eigenvalue weighted by Gasteiger charge is 2.47. The average Bonchev–Trinajstić information content (AvgIpc) is 2.93. The molecule has 0 bridgehead atoms. The number of halogens is 1. The van der Waals surface area contributed by atoms with Crippen molar-refractivity contribution >= 4 is 17.6 Å². The van der Waals surface area contributed by atoms with Crippen LogP contribution in [0.3, 0.4) is 0 Å². The van der Waals surface area contributed by atoms with E-state index < -0.39 is 5.97 Å². The van der Waals surface area contributed by atoms with Crippen molar-refractivity contribution < 1.29 is 9.90 Å². The van der Waals surface area contributed by atoms with E-state index in [1.165, 1.54) is 12.8 Å². The molecule has 0 aromatic heterocycles. The molecule has 2 fully saturated rings. The molecule has 4 heteroatoms. The van der Waals surface area contributed by atoms with Crippen LogP contribution >= 0.6 is 11.6 Å². The normalized spacial score (nSPS) is 29.6. The van der Waals surface area contributed by atoms with Crippen LogP contribution in [0.5, 0.6) is 0 Å². The van der Waals surface area contributed by atoms with Gasteiger partial charge in [0.15, 0.2) is 0 Å². The number of hydrogen-bond donors (Lipinski definition) is 1. The Morgan fingerprint density at radius 1 is 1.45 bits per heavy atom. The minimum absolute atomic E-state index is 0.317. The molecular weight excluding hydrogens is 274 g/mol. The van der Waals surface area contributed by atoms with Crippen molar-refractivity contribution in [1.29, 1.82) is 0 Å². The zero-order valence-electron chi connectivity index (χ0n) is 11.7. The van der Waals surface area contributed by atoms with E-state index in [9.17, 15) is 9.90 Å². The van der Waals surface area contributed by atoms with Gasteiger partial charge in [-0.2, -0.15) is 0 Å². The van der Waals surface area contributed by atoms with E-state index in [2.05, 4.69) is 4.90 Å². The molecule has 2 aliphatic rings. The molecule has 3 atom stereocenters. The summed E-state index contributed by atoms with van der Waals surface area (Å²) in [6.45, 7) is 3.57. The molecular formula is C16H20ClNO2. The van der Waals surface area contributed by atoms with Crippen molar-refractivity contribution in [3.63, 3.8) is 0 Å². The van der Waals surface area contributed by atoms with Crippen molar-refractivity contribution in [3.8, 4) is 0 Å². The summed E-state index contributed by atoms with van der Waals surface area (Å²) in [5, 5.41) is 10.3. The van der Waals surface area contributed by atoms with Gasteiger partial charge in [-0.25, -0.2) is 0 Å². The maximum Gasteiger partial charge on any atom is 0.321 e. The smallest absolute Gasteiger partial charge is 0.321 e. The first-order chi connectivity index (χ1) is 9.56. The van der Waals surface area contributed by atoms with Gasteiger partial charge in [0.2, 0.25) is 0 Å². The maximum absolute atomic E-state index is 11.6. The van der Waals surface area contributed by atoms with Crippen LogP contribution in [0.15, 0.2) is 18.2 Å². The molecule has 1 aromatic rings. The number of carbonyl (C=O) groups is 1. The Bertz CT molecular complexity index is 531. The Balaban J connectivity index is 1.79. The summed E-state index contributed by atoms with van der Waals surface area (Å²) in [5.41, 5.74) is 2.16. The van der Waals surface area contributed by atoms with E-state index in [-0.39, 0.29) is 6.04 Å². The number of rotatable bonds is 3. The predicted octanol–water partition coefficient (Wildman–Crippen LogP) is 3.33. The lowest BCUT2D eigenvalue weighted by Crippen LogP contribution is -2.39. The van der Waals surface area contributed by atoms with Crippen LogP contribution in [0.1, 0.15) is 30.4 Å². The number of nitrogens with zero attached hydrogens (tertiary/aromatic N) is 1. The van der Waals surface area contributed by atoms with Crippen molar-refractivity contribution in [3.05, 3.63) is 34.3 Å². The van der Waals surface area contributed by atoms with Gasteiger partial charge in [-0.3, -0.25) is 9.69 Å². The van der Waals surface area contributed by atoms with E-state index in [1.807, 2.05) is 25.1 Å². The van der Waals surface area contributed by atoms with Gasteiger partial charge in [0, 0.05) is 18.1 Å². The fourth-order valence-electron chi connectivity index (χ4n) is 3.86. The predicted molar refractivity (Wildman–Crippen MR) is 78.9 cm³/mol. The first-order valence-corrected chi connectivity index (χ1v) is 7.66. The third-order valence-corrected chi connectivity index (χ3v) is 5.27. The number of carboxylic acids is 1. The first-order valence-electron chi connectivity index (χ1n) is 7.28. The van der Waals surface area contributed by atoms with Crippen LogP contribution in [0.4, 0.5) is 0 Å². The lowest BCUT2D eigenvalue weighted by atomic mass is 9.94. The Kier molecular flexibility index (Phi) is 3.74. The monoisotopic (exact) mass is 293 g/mol. The minimum atomic E-state index is -0.669. The molecule has 0 amide bonds. The molecule has 1 heterocycles. The second-order valence-electron chi connectivity index (χ2n) is 6.15. The highest BCUT2D eigenvalue weighted by molar-refractivity contribution is 6.31. The molecule has 1 N–H and O–H groups in total. The van der Waals surface area contributed by atoms with Crippen LogP contribution in [0, 0.1) is 18.8 Å². The number of carboxylic acid groups (broad SMARTS) is 1. The van der Waals surface area contributed by atoms with Gasteiger partial charge in [-0.1, -0.05) is 30.2 Å². The van der Waals surface area contributed by atoms with Crippen molar-refractivity contribution in [2.45, 2.75) is 38.8 Å². The second-order valence-corrected chi connectivity index (χ2v) is 6.56. The molecule has 1 aliphatic carbocycles. The van der Waals surface area contributed by atoms with Gasteiger partial charge in [0.25, 0.3) is 0 Å². The molecule has 0 spiro atoms. The summed E-state index contributed by atoms with van der Waals surface area (Å²) in [6, 6.07) is 5.70. The third-order valence-electron chi connectivity index (χ3n) is 4.86. The van der Waals surface area contributed by atoms with Crippen molar-refractivity contribution in [1.82, 2.24) is 4.90 Å². The van der Waals surface area contributed by atoms with Gasteiger partial charge in [-0.05, 0) is 48.8 Å². The fourth-order valence-corrected chi connectivity index (χ4v) is 4.07. The van der Waals surface area contributed by atoms with Gasteiger partial charge in [0.1, 0.15) is 6.04 Å². The summed E-state index contributed by atoms with van der Waals surface area (Å²) in [6.07, 6.45) is 3.43. The van der Waals surface area contributed by atoms with Gasteiger partial charge in [-0.15, -0.1) is 0 Å². The van der Waals surface area contributed by atoms with E-state index in [0.29, 0.717) is 18.4 Å². The second kappa shape index (κ2) is 5.38. The van der Waals surface area contributed by atoms with E-state index in [0.717, 1.165) is 29.1 Å². The van der Waals surface area contributed by atoms with Crippen LogP contribution in [0.25, 0.3) is 0 Å². The lowest BCUT2D eigenvalue weighted by molar-refractivity contribution is -0.143. The van der Waals surface area contributed by atoms with Gasteiger partial charge >= 0.3 is 5.97 Å². The Morgan fingerprint density at radius 3 is 2.95 bits per heavy atom. The average molecular weight is 294 g/mol. The number of likely N-dealkylation sites (tertiary alicyclic amines) is 1. The van der Waals surface area contributed by atoms with E-state index in [1.54, 1.807) is 0 Å². The number of aryl methyl sites for hydroxylation is 1. The molecule has 108 valence electrons. The van der Waals surface area contributed by atoms with E-state index >= 15 is 0 Å². The largest absolute Gasteiger partial charge is 0.480 e. The molecule has 0 radical (unpaired) electrons. The molecule has 1 aromatic carbocycles. The topological polar surface area (TPSA) is 40.5 Å². The zero-order chi connectivity index (χ0) is 14.3. The quantitative estimate of drug-likeness (QED) is 0.929. The van der Waals surface area contributed by atoms with Gasteiger partial charge in [0.05, 0.1) is 0 Å². The van der Waals surface area contributed by atoms with Crippen molar-refractivity contribution in [2.75, 3.05) is 6.54 Å². The van der Waals surface area contributed by atoms with Crippen LogP contribution < -0.4 is 0 Å². The van der Waals surface area contributed by atoms with Crippen molar-refractivity contribution in [2.24, 2.45) is 11.8 Å². The van der Waals surface area contributed by atoms with Gasteiger partial charge < -0.3 is 5.11 Å². The summed E-state index contributed by atoms with van der Waals surface area (Å²) >= 11 is 6.16.